The Morgan fingerprint density at radius 1 is 0.979 bits per heavy atom. The number of aromatic nitrogens is 8. The molecule has 13 nitrogen and oxygen atoms in total. The maximum Gasteiger partial charge on any atom is 0.449 e. The van der Waals surface area contributed by atoms with Gasteiger partial charge in [0.1, 0.15) is 36.8 Å². The van der Waals surface area contributed by atoms with Crippen LogP contribution in [0.2, 0.25) is 0 Å². The van der Waals surface area contributed by atoms with Gasteiger partial charge < -0.3 is 28.5 Å². The van der Waals surface area contributed by atoms with Crippen LogP contribution in [0.1, 0.15) is 17.7 Å². The molecule has 0 spiro atoms. The number of pyridine rings is 1. The van der Waals surface area contributed by atoms with Gasteiger partial charge in [0.15, 0.2) is 0 Å². The van der Waals surface area contributed by atoms with Crippen LogP contribution in [0, 0.1) is 0 Å². The third-order valence-electron chi connectivity index (χ3n) is 8.51. The van der Waals surface area contributed by atoms with E-state index in [0.29, 0.717) is 54.9 Å². The third kappa shape index (κ3) is 6.01. The van der Waals surface area contributed by atoms with Gasteiger partial charge in [-0.15, -0.1) is 10.2 Å². The van der Waals surface area contributed by atoms with Gasteiger partial charge in [-0.3, -0.25) is 9.69 Å². The summed E-state index contributed by atoms with van der Waals surface area (Å²) in [5.41, 5.74) is 2.34. The quantitative estimate of drug-likeness (QED) is 0.243. The normalized spacial score (nSPS) is 15.8. The van der Waals surface area contributed by atoms with E-state index in [1.807, 2.05) is 34.9 Å². The Bertz CT molecular complexity index is 2080. The van der Waals surface area contributed by atoms with Crippen LogP contribution < -0.4 is 9.47 Å². The summed E-state index contributed by atoms with van der Waals surface area (Å²) in [5, 5.41) is 8.62. The van der Waals surface area contributed by atoms with Crippen molar-refractivity contribution in [3.05, 3.63) is 79.0 Å². The van der Waals surface area contributed by atoms with Gasteiger partial charge in [-0.05, 0) is 24.3 Å². The molecule has 1 aliphatic rings. The highest BCUT2D eigenvalue weighted by atomic mass is 19.4. The van der Waals surface area contributed by atoms with Gasteiger partial charge in [-0.1, -0.05) is 18.2 Å². The molecule has 1 atom stereocenters. The van der Waals surface area contributed by atoms with E-state index in [0.717, 1.165) is 15.5 Å². The number of amides is 1. The van der Waals surface area contributed by atoms with Crippen molar-refractivity contribution in [1.29, 1.82) is 0 Å². The van der Waals surface area contributed by atoms with Crippen LogP contribution in [0.3, 0.4) is 0 Å². The molecule has 0 unspecified atom stereocenters. The number of fused-ring (bicyclic) bond motifs is 2. The second-order valence-corrected chi connectivity index (χ2v) is 11.4. The van der Waals surface area contributed by atoms with Crippen molar-refractivity contribution in [2.75, 3.05) is 40.4 Å². The standard InChI is InChI=1S/C32H31F3N10O3/c1-47-21-7-8-24-26(14-21)45(31(41-24)32(33,34)35)17-28(46)44-12-11-42(9-10-43-18-37-38-19-43)16-27(44)29-36-15-25(39-29)22-13-20-5-3-4-6-23(20)40-30(22)48-2/h3-8,13-15,18-19,27H,9-12,16-17H2,1-2H3,(H,36,39)/t27-/m0/s1. The zero-order valence-electron chi connectivity index (χ0n) is 26.1. The first kappa shape index (κ1) is 31.1. The van der Waals surface area contributed by atoms with Crippen molar-refractivity contribution in [3.63, 3.8) is 0 Å². The first-order valence-electron chi connectivity index (χ1n) is 15.2. The van der Waals surface area contributed by atoms with Crippen molar-refractivity contribution in [2.24, 2.45) is 0 Å². The van der Waals surface area contributed by atoms with Gasteiger partial charge in [0.2, 0.25) is 17.6 Å². The van der Waals surface area contributed by atoms with Gasteiger partial charge >= 0.3 is 6.18 Å². The van der Waals surface area contributed by atoms with Crippen molar-refractivity contribution >= 4 is 27.8 Å². The number of benzene rings is 2. The summed E-state index contributed by atoms with van der Waals surface area (Å²) >= 11 is 0. The second-order valence-electron chi connectivity index (χ2n) is 11.4. The van der Waals surface area contributed by atoms with Gasteiger partial charge in [0.05, 0.1) is 48.2 Å². The van der Waals surface area contributed by atoms with E-state index in [4.69, 9.17) is 9.47 Å². The van der Waals surface area contributed by atoms with E-state index >= 15 is 0 Å². The second kappa shape index (κ2) is 12.6. The van der Waals surface area contributed by atoms with Crippen molar-refractivity contribution in [2.45, 2.75) is 25.3 Å². The minimum absolute atomic E-state index is 0.111. The molecule has 0 saturated carbocycles. The Kier molecular flexibility index (Phi) is 8.16. The lowest BCUT2D eigenvalue weighted by Gasteiger charge is -2.40. The molecule has 1 N–H and O–H groups in total. The lowest BCUT2D eigenvalue weighted by molar-refractivity contribution is -0.148. The summed E-state index contributed by atoms with van der Waals surface area (Å²) in [5.74, 6) is -0.423. The Labute approximate surface area is 271 Å². The molecule has 16 heteroatoms. The number of alkyl halides is 3. The van der Waals surface area contributed by atoms with E-state index in [1.165, 1.54) is 32.4 Å². The number of hydrogen-bond acceptors (Lipinski definition) is 9. The van der Waals surface area contributed by atoms with E-state index in [2.05, 4.69) is 35.0 Å². The van der Waals surface area contributed by atoms with Gasteiger partial charge in [-0.2, -0.15) is 13.2 Å². The van der Waals surface area contributed by atoms with Crippen LogP contribution >= 0.6 is 0 Å². The monoisotopic (exact) mass is 660 g/mol. The molecule has 0 aliphatic carbocycles. The fraction of sp³-hybridized carbons (Fsp3) is 0.312. The number of imidazole rings is 2. The summed E-state index contributed by atoms with van der Waals surface area (Å²) in [7, 11) is 2.96. The molecule has 5 heterocycles. The van der Waals surface area contributed by atoms with E-state index < -0.39 is 30.5 Å². The summed E-state index contributed by atoms with van der Waals surface area (Å²) in [6.07, 6.45) is 0.128. The number of carbonyl (C=O) groups is 1. The van der Waals surface area contributed by atoms with Gasteiger partial charge in [0.25, 0.3) is 0 Å². The molecular weight excluding hydrogens is 629 g/mol. The maximum atomic E-state index is 14.2. The number of methoxy groups -OCH3 is 2. The van der Waals surface area contributed by atoms with Crippen LogP contribution in [0.25, 0.3) is 33.2 Å². The summed E-state index contributed by atoms with van der Waals surface area (Å²) in [4.78, 5) is 34.3. The number of aromatic amines is 1. The highest BCUT2D eigenvalue weighted by molar-refractivity contribution is 5.85. The average molecular weight is 661 g/mol. The van der Waals surface area contributed by atoms with Crippen LogP contribution in [0.5, 0.6) is 11.6 Å². The molecular formula is C32H31F3N10O3. The number of nitrogens with one attached hydrogen (secondary N) is 1. The summed E-state index contributed by atoms with van der Waals surface area (Å²) in [6.45, 7) is 1.83. The number of halogens is 3. The highest BCUT2D eigenvalue weighted by Gasteiger charge is 2.40. The van der Waals surface area contributed by atoms with Gasteiger partial charge in [-0.25, -0.2) is 15.0 Å². The van der Waals surface area contributed by atoms with Crippen LogP contribution in [0.4, 0.5) is 13.2 Å². The van der Waals surface area contributed by atoms with Crippen molar-refractivity contribution in [3.8, 4) is 22.9 Å². The zero-order valence-corrected chi connectivity index (χ0v) is 26.1. The smallest absolute Gasteiger partial charge is 0.449 e. The molecule has 48 heavy (non-hydrogen) atoms. The fourth-order valence-electron chi connectivity index (χ4n) is 6.09. The Morgan fingerprint density at radius 2 is 1.79 bits per heavy atom. The molecule has 1 amide bonds. The van der Waals surface area contributed by atoms with Crippen LogP contribution in [-0.2, 0) is 24.1 Å². The fourth-order valence-corrected chi connectivity index (χ4v) is 6.09. The first-order valence-corrected chi connectivity index (χ1v) is 15.2. The molecule has 7 rings (SSSR count). The first-order chi connectivity index (χ1) is 23.2. The molecule has 6 aromatic rings. The molecule has 1 aliphatic heterocycles. The molecule has 2 aromatic carbocycles. The summed E-state index contributed by atoms with van der Waals surface area (Å²) in [6, 6.07) is 13.4. The number of ether oxygens (including phenoxy) is 2. The molecule has 1 fully saturated rings. The lowest BCUT2D eigenvalue weighted by Crippen LogP contribution is -2.52. The van der Waals surface area contributed by atoms with E-state index in [1.54, 1.807) is 23.8 Å². The summed E-state index contributed by atoms with van der Waals surface area (Å²) < 4.78 is 56.2. The van der Waals surface area contributed by atoms with Crippen molar-refractivity contribution in [1.82, 2.24) is 49.1 Å². The predicted octanol–water partition coefficient (Wildman–Crippen LogP) is 4.19. The third-order valence-corrected chi connectivity index (χ3v) is 8.51. The van der Waals surface area contributed by atoms with E-state index in [-0.39, 0.29) is 17.6 Å². The van der Waals surface area contributed by atoms with E-state index in [9.17, 15) is 18.0 Å². The number of carbonyl (C=O) groups excluding carboxylic acids is 1. The Hall–Kier alpha value is -5.51. The molecule has 248 valence electrons. The van der Waals surface area contributed by atoms with Gasteiger partial charge in [0, 0.05) is 44.2 Å². The lowest BCUT2D eigenvalue weighted by atomic mass is 10.1. The maximum absolute atomic E-state index is 14.2. The number of rotatable bonds is 9. The Morgan fingerprint density at radius 3 is 2.56 bits per heavy atom. The largest absolute Gasteiger partial charge is 0.497 e. The van der Waals surface area contributed by atoms with Crippen LogP contribution in [0.15, 0.2) is 67.4 Å². The number of para-hydroxylation sites is 1. The van der Waals surface area contributed by atoms with Crippen LogP contribution in [-0.4, -0.2) is 95.4 Å². The Balaban J connectivity index is 1.23. The molecule has 0 radical (unpaired) electrons. The number of nitrogens with zero attached hydrogens (tertiary/aromatic N) is 9. The topological polar surface area (TPSA) is 132 Å². The van der Waals surface area contributed by atoms with Crippen molar-refractivity contribution < 1.29 is 27.4 Å². The number of piperazine rings is 1. The molecule has 0 bridgehead atoms. The minimum Gasteiger partial charge on any atom is -0.497 e. The molecule has 1 saturated heterocycles. The zero-order chi connectivity index (χ0) is 33.4. The number of hydrogen-bond donors (Lipinski definition) is 1. The molecule has 4 aromatic heterocycles. The average Bonchev–Trinajstić information content (AvgIpc) is 3.87. The SMILES string of the molecule is COc1ccc2nc(C(F)(F)F)n(CC(=O)N3CCN(CCn4cnnc4)C[C@H]3c3ncc(-c4cc5ccccc5nc4OC)[nH]3)c2c1. The number of H-pyrrole nitrogens is 1. The minimum atomic E-state index is -4.78. The highest BCUT2D eigenvalue weighted by Crippen LogP contribution is 2.35. The predicted molar refractivity (Wildman–Crippen MR) is 168 cm³/mol.